The van der Waals surface area contributed by atoms with E-state index in [1.807, 2.05) is 13.8 Å². The van der Waals surface area contributed by atoms with E-state index in [1.54, 1.807) is 0 Å². The van der Waals surface area contributed by atoms with E-state index in [2.05, 4.69) is 107 Å². The van der Waals surface area contributed by atoms with E-state index in [0.717, 1.165) is 54.4 Å². The molecule has 0 spiro atoms. The third kappa shape index (κ3) is 7.48. The average molecular weight is 607 g/mol. The number of phenols is 2. The molecule has 246 valence electrons. The maximum Gasteiger partial charge on any atom is 0.306 e. The Hall–Kier alpha value is -2.49. The SMILES string of the molecule is CC(C)OC(=O)CCC1CCCCC1(c1cc(C(C)(C)C)c(O)c(C(C)(C)C)c1)c1cc(C(C)(C)C)c(O)c(C(C)(C)C)c1. The lowest BCUT2D eigenvalue weighted by Crippen LogP contribution is -2.41. The number of rotatable bonds is 6. The van der Waals surface area contributed by atoms with Crippen LogP contribution in [0.1, 0.15) is 169 Å². The van der Waals surface area contributed by atoms with E-state index >= 15 is 0 Å². The summed E-state index contributed by atoms with van der Waals surface area (Å²) in [5.74, 6) is 0.806. The molecule has 44 heavy (non-hydrogen) atoms. The van der Waals surface area contributed by atoms with Crippen LogP contribution in [0.4, 0.5) is 0 Å². The summed E-state index contributed by atoms with van der Waals surface area (Å²) in [6.07, 6.45) is 5.07. The summed E-state index contributed by atoms with van der Waals surface area (Å²) < 4.78 is 5.60. The predicted octanol–water partition coefficient (Wildman–Crippen LogP) is 10.5. The molecule has 0 heterocycles. The number of carbonyl (C=O) groups excluding carboxylic acids is 1. The summed E-state index contributed by atoms with van der Waals surface area (Å²) in [6, 6.07) is 9.04. The first-order valence-corrected chi connectivity index (χ1v) is 16.9. The highest BCUT2D eigenvalue weighted by Crippen LogP contribution is 2.55. The Morgan fingerprint density at radius 3 is 1.41 bits per heavy atom. The van der Waals surface area contributed by atoms with Gasteiger partial charge in [-0.1, -0.05) is 120 Å². The van der Waals surface area contributed by atoms with Crippen molar-refractivity contribution in [1.29, 1.82) is 0 Å². The fraction of sp³-hybridized carbons (Fsp3) is 0.675. The molecule has 1 atom stereocenters. The lowest BCUT2D eigenvalue weighted by Gasteiger charge is -2.47. The molecule has 2 aromatic rings. The highest BCUT2D eigenvalue weighted by Gasteiger charge is 2.46. The topological polar surface area (TPSA) is 66.8 Å². The predicted molar refractivity (Wildman–Crippen MR) is 184 cm³/mol. The highest BCUT2D eigenvalue weighted by molar-refractivity contribution is 5.69. The van der Waals surface area contributed by atoms with E-state index in [1.165, 1.54) is 11.1 Å². The molecule has 0 amide bonds. The van der Waals surface area contributed by atoms with Crippen molar-refractivity contribution >= 4 is 5.97 Å². The Balaban J connectivity index is 2.51. The number of hydrogen-bond acceptors (Lipinski definition) is 4. The summed E-state index contributed by atoms with van der Waals surface area (Å²) in [6.45, 7) is 29.8. The van der Waals surface area contributed by atoms with Crippen molar-refractivity contribution in [2.24, 2.45) is 5.92 Å². The minimum Gasteiger partial charge on any atom is -0.507 e. The number of benzene rings is 2. The van der Waals surface area contributed by atoms with Crippen molar-refractivity contribution in [1.82, 2.24) is 0 Å². The van der Waals surface area contributed by atoms with Crippen molar-refractivity contribution in [2.45, 2.75) is 169 Å². The third-order valence-corrected chi connectivity index (χ3v) is 9.62. The lowest BCUT2D eigenvalue weighted by molar-refractivity contribution is -0.147. The molecular formula is C40H62O4. The summed E-state index contributed by atoms with van der Waals surface area (Å²) in [5, 5.41) is 23.4. The maximum atomic E-state index is 12.9. The molecule has 0 radical (unpaired) electrons. The van der Waals surface area contributed by atoms with Crippen LogP contribution >= 0.6 is 0 Å². The number of esters is 1. The number of phenolic OH excluding ortho intramolecular Hbond substituents is 2. The zero-order valence-corrected chi connectivity index (χ0v) is 30.4. The lowest BCUT2D eigenvalue weighted by atomic mass is 9.56. The zero-order chi connectivity index (χ0) is 33.6. The van der Waals surface area contributed by atoms with Crippen LogP contribution < -0.4 is 0 Å². The molecule has 3 rings (SSSR count). The second kappa shape index (κ2) is 12.4. The molecule has 4 nitrogen and oxygen atoms in total. The number of ether oxygens (including phenoxy) is 1. The molecule has 2 aromatic carbocycles. The molecule has 1 saturated carbocycles. The van der Waals surface area contributed by atoms with Crippen LogP contribution in [0.25, 0.3) is 0 Å². The van der Waals surface area contributed by atoms with Crippen molar-refractivity contribution < 1.29 is 19.7 Å². The summed E-state index contributed by atoms with van der Waals surface area (Å²) in [7, 11) is 0. The largest absolute Gasteiger partial charge is 0.507 e. The molecule has 1 aliphatic carbocycles. The first kappa shape index (κ1) is 36.0. The first-order chi connectivity index (χ1) is 19.9. The van der Waals surface area contributed by atoms with Crippen molar-refractivity contribution in [3.8, 4) is 11.5 Å². The Morgan fingerprint density at radius 2 is 1.09 bits per heavy atom. The van der Waals surface area contributed by atoms with Crippen LogP contribution in [0.5, 0.6) is 11.5 Å². The van der Waals surface area contributed by atoms with Gasteiger partial charge in [-0.3, -0.25) is 4.79 Å². The van der Waals surface area contributed by atoms with Crippen LogP contribution in [-0.4, -0.2) is 22.3 Å². The Bertz CT molecular complexity index is 1180. The molecule has 0 aliphatic heterocycles. The molecule has 2 N–H and O–H groups in total. The molecule has 0 bridgehead atoms. The molecule has 4 heteroatoms. The fourth-order valence-electron chi connectivity index (χ4n) is 7.25. The van der Waals surface area contributed by atoms with Gasteiger partial charge >= 0.3 is 5.97 Å². The van der Waals surface area contributed by atoms with Crippen LogP contribution in [0.2, 0.25) is 0 Å². The van der Waals surface area contributed by atoms with Crippen molar-refractivity contribution in [3.05, 3.63) is 57.6 Å². The fourth-order valence-corrected chi connectivity index (χ4v) is 7.25. The third-order valence-electron chi connectivity index (χ3n) is 9.62. The maximum absolute atomic E-state index is 12.9. The van der Waals surface area contributed by atoms with E-state index < -0.39 is 5.41 Å². The Kier molecular flexibility index (Phi) is 10.1. The van der Waals surface area contributed by atoms with E-state index in [4.69, 9.17) is 4.74 Å². The summed E-state index contributed by atoms with van der Waals surface area (Å²) in [5.41, 5.74) is 4.74. The van der Waals surface area contributed by atoms with Gasteiger partial charge in [0.1, 0.15) is 11.5 Å². The summed E-state index contributed by atoms with van der Waals surface area (Å²) >= 11 is 0. The van der Waals surface area contributed by atoms with Crippen molar-refractivity contribution in [2.75, 3.05) is 0 Å². The monoisotopic (exact) mass is 606 g/mol. The number of hydrogen-bond donors (Lipinski definition) is 2. The van der Waals surface area contributed by atoms with E-state index in [0.29, 0.717) is 17.9 Å². The normalized spacial score (nSPS) is 18.0. The standard InChI is InChI=1S/C40H62O4/c1-25(2)44-33(41)19-18-26-17-15-16-20-40(26,27-21-29(36(3,4)5)34(42)30(22-27)37(6,7)8)28-23-31(38(9,10)11)35(43)32(24-28)39(12,13)14/h21-26,42-43H,15-20H2,1-14H3. The van der Waals surface area contributed by atoms with Gasteiger partial charge in [0.05, 0.1) is 6.10 Å². The molecule has 0 aromatic heterocycles. The minimum absolute atomic E-state index is 0.139. The van der Waals surface area contributed by atoms with Gasteiger partial charge in [-0.25, -0.2) is 0 Å². The highest BCUT2D eigenvalue weighted by atomic mass is 16.5. The van der Waals surface area contributed by atoms with Gasteiger partial charge in [0.2, 0.25) is 0 Å². The molecule has 0 saturated heterocycles. The minimum atomic E-state index is -0.405. The molecule has 1 unspecified atom stereocenters. The van der Waals surface area contributed by atoms with Gasteiger partial charge in [-0.15, -0.1) is 0 Å². The Labute approximate surface area is 269 Å². The zero-order valence-electron chi connectivity index (χ0n) is 30.4. The Morgan fingerprint density at radius 1 is 0.727 bits per heavy atom. The second-order valence-corrected chi connectivity index (χ2v) is 17.8. The van der Waals surface area contributed by atoms with Crippen molar-refractivity contribution in [3.63, 3.8) is 0 Å². The van der Waals surface area contributed by atoms with Gasteiger partial charge in [0.15, 0.2) is 0 Å². The van der Waals surface area contributed by atoms with Gasteiger partial charge in [-0.2, -0.15) is 0 Å². The smallest absolute Gasteiger partial charge is 0.306 e. The van der Waals surface area contributed by atoms with Gasteiger partial charge in [-0.05, 0) is 94.1 Å². The number of carbonyl (C=O) groups is 1. The van der Waals surface area contributed by atoms with E-state index in [-0.39, 0.29) is 39.7 Å². The van der Waals surface area contributed by atoms with Crippen LogP contribution in [-0.2, 0) is 36.6 Å². The van der Waals surface area contributed by atoms with Gasteiger partial charge in [0.25, 0.3) is 0 Å². The van der Waals surface area contributed by atoms with Gasteiger partial charge < -0.3 is 14.9 Å². The average Bonchev–Trinajstić information content (AvgIpc) is 2.84. The van der Waals surface area contributed by atoms with Crippen LogP contribution in [0.15, 0.2) is 24.3 Å². The molecular weight excluding hydrogens is 544 g/mol. The van der Waals surface area contributed by atoms with E-state index in [9.17, 15) is 15.0 Å². The first-order valence-electron chi connectivity index (χ1n) is 16.9. The quantitative estimate of drug-likeness (QED) is 0.321. The van der Waals surface area contributed by atoms with Crippen LogP contribution in [0.3, 0.4) is 0 Å². The molecule has 1 aliphatic rings. The summed E-state index contributed by atoms with van der Waals surface area (Å²) in [4.78, 5) is 12.9. The number of aromatic hydroxyl groups is 2. The van der Waals surface area contributed by atoms with Crippen LogP contribution in [0, 0.1) is 5.92 Å². The van der Waals surface area contributed by atoms with Gasteiger partial charge in [0, 0.05) is 11.8 Å². The molecule has 1 fully saturated rings. The second-order valence-electron chi connectivity index (χ2n) is 17.8.